The Morgan fingerprint density at radius 3 is 2.10 bits per heavy atom. The Hall–Kier alpha value is -3.58. The molecule has 0 saturated carbocycles. The molecule has 0 atom stereocenters. The standard InChI is InChI=1S/C22H19NO6/c1-14(2)20(25)15-7-9-17(10-8-15)29-13-28-12-16(24)11-23-21(26)18-5-3-4-6-19(18)22(23)27/h3-10H,1,11-13H2,2H3. The molecule has 0 radical (unpaired) electrons. The van der Waals surface area contributed by atoms with E-state index in [1.165, 1.54) is 0 Å². The zero-order chi connectivity index (χ0) is 21.0. The number of allylic oxidation sites excluding steroid dienone is 1. The second kappa shape index (κ2) is 8.62. The van der Waals surface area contributed by atoms with Crippen LogP contribution in [0.25, 0.3) is 0 Å². The van der Waals surface area contributed by atoms with Gasteiger partial charge in [0, 0.05) is 5.56 Å². The average molecular weight is 393 g/mol. The monoisotopic (exact) mass is 393 g/mol. The number of ketones is 2. The minimum absolute atomic E-state index is 0.147. The van der Waals surface area contributed by atoms with E-state index in [-0.39, 0.29) is 25.7 Å². The summed E-state index contributed by atoms with van der Waals surface area (Å²) < 4.78 is 10.5. The summed E-state index contributed by atoms with van der Waals surface area (Å²) in [5.74, 6) is -1.08. The van der Waals surface area contributed by atoms with Crippen molar-refractivity contribution >= 4 is 23.4 Å². The summed E-state index contributed by atoms with van der Waals surface area (Å²) in [6.45, 7) is 4.39. The van der Waals surface area contributed by atoms with Crippen molar-refractivity contribution < 1.29 is 28.7 Å². The van der Waals surface area contributed by atoms with E-state index in [9.17, 15) is 19.2 Å². The summed E-state index contributed by atoms with van der Waals surface area (Å²) in [7, 11) is 0. The van der Waals surface area contributed by atoms with Gasteiger partial charge in [-0.15, -0.1) is 0 Å². The van der Waals surface area contributed by atoms with Crippen LogP contribution in [0.4, 0.5) is 0 Å². The van der Waals surface area contributed by atoms with E-state index in [0.717, 1.165) is 4.90 Å². The molecule has 1 heterocycles. The quantitative estimate of drug-likeness (QED) is 0.214. The highest BCUT2D eigenvalue weighted by molar-refractivity contribution is 6.22. The van der Waals surface area contributed by atoms with E-state index < -0.39 is 17.6 Å². The zero-order valence-corrected chi connectivity index (χ0v) is 15.8. The fraction of sp³-hybridized carbons (Fsp3) is 0.182. The molecule has 0 unspecified atom stereocenters. The maximum absolute atomic E-state index is 12.2. The fourth-order valence-electron chi connectivity index (χ4n) is 2.82. The maximum Gasteiger partial charge on any atom is 0.261 e. The minimum atomic E-state index is -0.486. The maximum atomic E-state index is 12.2. The first-order valence-electron chi connectivity index (χ1n) is 8.86. The lowest BCUT2D eigenvalue weighted by molar-refractivity contribution is -0.126. The molecule has 7 heteroatoms. The molecule has 0 spiro atoms. The number of hydrogen-bond donors (Lipinski definition) is 0. The first kappa shape index (κ1) is 20.2. The SMILES string of the molecule is C=C(C)C(=O)c1ccc(OCOCC(=O)CN2C(=O)c3ccccc3C2=O)cc1. The van der Waals surface area contributed by atoms with E-state index in [0.29, 0.717) is 28.0 Å². The molecule has 2 amide bonds. The minimum Gasteiger partial charge on any atom is -0.468 e. The lowest BCUT2D eigenvalue weighted by atomic mass is 10.1. The van der Waals surface area contributed by atoms with Crippen molar-refractivity contribution in [2.24, 2.45) is 0 Å². The molecule has 3 rings (SSSR count). The second-order valence-electron chi connectivity index (χ2n) is 6.53. The van der Waals surface area contributed by atoms with Crippen molar-refractivity contribution in [3.05, 3.63) is 77.4 Å². The molecule has 0 fully saturated rings. The largest absolute Gasteiger partial charge is 0.468 e. The second-order valence-corrected chi connectivity index (χ2v) is 6.53. The van der Waals surface area contributed by atoms with Gasteiger partial charge in [-0.1, -0.05) is 18.7 Å². The lowest BCUT2D eigenvalue weighted by Gasteiger charge is -2.13. The van der Waals surface area contributed by atoms with Crippen molar-refractivity contribution in [3.8, 4) is 5.75 Å². The summed E-state index contributed by atoms with van der Waals surface area (Å²) in [5.41, 5.74) is 1.53. The van der Waals surface area contributed by atoms with E-state index in [2.05, 4.69) is 6.58 Å². The van der Waals surface area contributed by atoms with Gasteiger partial charge in [-0.3, -0.25) is 24.1 Å². The summed E-state index contributed by atoms with van der Waals surface area (Å²) in [6.07, 6.45) is 0. The van der Waals surface area contributed by atoms with Crippen LogP contribution in [0.2, 0.25) is 0 Å². The Labute approximate surface area is 167 Å². The molecule has 29 heavy (non-hydrogen) atoms. The van der Waals surface area contributed by atoms with Crippen LogP contribution in [0, 0.1) is 0 Å². The Morgan fingerprint density at radius 1 is 0.966 bits per heavy atom. The smallest absolute Gasteiger partial charge is 0.261 e. The van der Waals surface area contributed by atoms with E-state index in [1.54, 1.807) is 55.5 Å². The summed E-state index contributed by atoms with van der Waals surface area (Å²) in [4.78, 5) is 49.2. The van der Waals surface area contributed by atoms with Crippen molar-refractivity contribution in [1.82, 2.24) is 4.90 Å². The molecule has 0 saturated heterocycles. The van der Waals surface area contributed by atoms with Crippen LogP contribution in [0.15, 0.2) is 60.7 Å². The summed E-state index contributed by atoms with van der Waals surface area (Å²) in [6, 6.07) is 12.9. The van der Waals surface area contributed by atoms with Gasteiger partial charge < -0.3 is 9.47 Å². The number of imide groups is 1. The van der Waals surface area contributed by atoms with Gasteiger partial charge in [-0.25, -0.2) is 0 Å². The number of Topliss-reactive ketones (excluding diaryl/α,β-unsaturated/α-hetero) is 2. The fourth-order valence-corrected chi connectivity index (χ4v) is 2.82. The van der Waals surface area contributed by atoms with E-state index in [4.69, 9.17) is 9.47 Å². The van der Waals surface area contributed by atoms with Crippen LogP contribution in [0.5, 0.6) is 5.75 Å². The molecule has 0 aromatic heterocycles. The zero-order valence-electron chi connectivity index (χ0n) is 15.8. The van der Waals surface area contributed by atoms with E-state index in [1.807, 2.05) is 0 Å². The van der Waals surface area contributed by atoms with Gasteiger partial charge in [0.2, 0.25) is 0 Å². The molecule has 0 bridgehead atoms. The van der Waals surface area contributed by atoms with Crippen molar-refractivity contribution in [2.75, 3.05) is 19.9 Å². The normalized spacial score (nSPS) is 12.7. The number of benzene rings is 2. The highest BCUT2D eigenvalue weighted by Crippen LogP contribution is 2.22. The molecule has 2 aromatic rings. The molecule has 2 aromatic carbocycles. The third-order valence-corrected chi connectivity index (χ3v) is 4.29. The molecule has 7 nitrogen and oxygen atoms in total. The van der Waals surface area contributed by atoms with Crippen LogP contribution in [0.3, 0.4) is 0 Å². The molecular formula is C22H19NO6. The summed E-state index contributed by atoms with van der Waals surface area (Å²) >= 11 is 0. The predicted molar refractivity (Wildman–Crippen MR) is 104 cm³/mol. The highest BCUT2D eigenvalue weighted by Gasteiger charge is 2.36. The van der Waals surface area contributed by atoms with Gasteiger partial charge >= 0.3 is 0 Å². The number of fused-ring (bicyclic) bond motifs is 1. The van der Waals surface area contributed by atoms with Crippen LogP contribution in [0.1, 0.15) is 38.0 Å². The van der Waals surface area contributed by atoms with Crippen LogP contribution >= 0.6 is 0 Å². The van der Waals surface area contributed by atoms with Crippen molar-refractivity contribution in [3.63, 3.8) is 0 Å². The number of ether oxygens (including phenoxy) is 2. The Bertz CT molecular complexity index is 958. The first-order chi connectivity index (χ1) is 13.9. The van der Waals surface area contributed by atoms with Crippen molar-refractivity contribution in [2.45, 2.75) is 6.92 Å². The van der Waals surface area contributed by atoms with Gasteiger partial charge in [0.15, 0.2) is 18.4 Å². The average Bonchev–Trinajstić information content (AvgIpc) is 2.96. The van der Waals surface area contributed by atoms with Gasteiger partial charge in [0.25, 0.3) is 11.8 Å². The molecule has 0 N–H and O–H groups in total. The molecule has 148 valence electrons. The Kier molecular flexibility index (Phi) is 5.99. The van der Waals surface area contributed by atoms with E-state index >= 15 is 0 Å². The Balaban J connectivity index is 1.44. The number of amides is 2. The number of hydrogen-bond acceptors (Lipinski definition) is 6. The first-order valence-corrected chi connectivity index (χ1v) is 8.86. The van der Waals surface area contributed by atoms with Crippen LogP contribution in [-0.4, -0.2) is 48.2 Å². The Morgan fingerprint density at radius 2 is 1.55 bits per heavy atom. The summed E-state index contributed by atoms with van der Waals surface area (Å²) in [5, 5.41) is 0. The third kappa shape index (κ3) is 4.47. The van der Waals surface area contributed by atoms with Crippen LogP contribution in [-0.2, 0) is 9.53 Å². The number of rotatable bonds is 9. The lowest BCUT2D eigenvalue weighted by Crippen LogP contribution is -2.36. The topological polar surface area (TPSA) is 90.0 Å². The molecule has 0 aliphatic carbocycles. The third-order valence-electron chi connectivity index (χ3n) is 4.29. The predicted octanol–water partition coefficient (Wildman–Crippen LogP) is 2.66. The number of carbonyl (C=O) groups excluding carboxylic acids is 4. The highest BCUT2D eigenvalue weighted by atomic mass is 16.7. The van der Waals surface area contributed by atoms with Crippen LogP contribution < -0.4 is 4.74 Å². The molecular weight excluding hydrogens is 374 g/mol. The van der Waals surface area contributed by atoms with Gasteiger partial charge in [0.1, 0.15) is 12.4 Å². The number of nitrogens with zero attached hydrogens (tertiary/aromatic N) is 1. The van der Waals surface area contributed by atoms with Crippen molar-refractivity contribution in [1.29, 1.82) is 0 Å². The molecule has 1 aliphatic rings. The van der Waals surface area contributed by atoms with Gasteiger partial charge in [-0.2, -0.15) is 0 Å². The van der Waals surface area contributed by atoms with Gasteiger partial charge in [0.05, 0.1) is 17.7 Å². The van der Waals surface area contributed by atoms with Gasteiger partial charge in [-0.05, 0) is 48.9 Å². The molecule has 1 aliphatic heterocycles. The number of carbonyl (C=O) groups is 4.